The van der Waals surface area contributed by atoms with Crippen molar-refractivity contribution >= 4 is 46.6 Å². The highest BCUT2D eigenvalue weighted by molar-refractivity contribution is 7.99. The van der Waals surface area contributed by atoms with Gasteiger partial charge in [0.25, 0.3) is 0 Å². The normalized spacial score (nSPS) is 23.9. The zero-order valence-corrected chi connectivity index (χ0v) is 12.5. The third-order valence-corrected chi connectivity index (χ3v) is 5.42. The molecule has 5 heteroatoms. The van der Waals surface area contributed by atoms with E-state index in [0.29, 0.717) is 11.3 Å². The van der Waals surface area contributed by atoms with Gasteiger partial charge in [-0.2, -0.15) is 11.8 Å². The van der Waals surface area contributed by atoms with Gasteiger partial charge in [-0.15, -0.1) is 0 Å². The van der Waals surface area contributed by atoms with Crippen molar-refractivity contribution in [3.63, 3.8) is 0 Å². The molecule has 1 aromatic heterocycles. The van der Waals surface area contributed by atoms with Crippen LogP contribution in [0.5, 0.6) is 0 Å². The lowest BCUT2D eigenvalue weighted by Gasteiger charge is -2.20. The summed E-state index contributed by atoms with van der Waals surface area (Å²) in [5.74, 6) is 0. The van der Waals surface area contributed by atoms with Crippen LogP contribution >= 0.6 is 35.6 Å². The summed E-state index contributed by atoms with van der Waals surface area (Å²) >= 11 is 13.5. The van der Waals surface area contributed by atoms with Crippen LogP contribution in [0.15, 0.2) is 18.2 Å². The van der Waals surface area contributed by atoms with Gasteiger partial charge in [0, 0.05) is 16.3 Å². The van der Waals surface area contributed by atoms with Crippen LogP contribution in [0.25, 0.3) is 11.0 Å². The monoisotopic (exact) mass is 298 g/mol. The molecule has 0 radical (unpaired) electrons. The number of H-pyrrole nitrogens is 1. The maximum Gasteiger partial charge on any atom is 0.178 e. The zero-order chi connectivity index (χ0) is 12.7. The van der Waals surface area contributed by atoms with E-state index in [2.05, 4.69) is 15.8 Å². The number of hydrogen-bond acceptors (Lipinski definition) is 2. The van der Waals surface area contributed by atoms with Gasteiger partial charge in [-0.05, 0) is 49.5 Å². The molecule has 1 aromatic carbocycles. The number of hydrogen-bond donors (Lipinski definition) is 1. The average Bonchev–Trinajstić information content (AvgIpc) is 2.91. The van der Waals surface area contributed by atoms with E-state index in [-0.39, 0.29) is 0 Å². The number of aromatic nitrogens is 2. The van der Waals surface area contributed by atoms with Gasteiger partial charge in [0.05, 0.1) is 11.0 Å². The number of rotatable bonds is 2. The van der Waals surface area contributed by atoms with Crippen molar-refractivity contribution in [1.82, 2.24) is 9.55 Å². The van der Waals surface area contributed by atoms with Crippen LogP contribution in [0.4, 0.5) is 0 Å². The van der Waals surface area contributed by atoms with Crippen molar-refractivity contribution < 1.29 is 0 Å². The molecular weight excluding hydrogens is 284 g/mol. The predicted molar refractivity (Wildman–Crippen MR) is 82.3 cm³/mol. The van der Waals surface area contributed by atoms with E-state index in [0.717, 1.165) is 20.8 Å². The number of thioether (sulfide) groups is 1. The van der Waals surface area contributed by atoms with Crippen molar-refractivity contribution in [2.24, 2.45) is 0 Å². The predicted octanol–water partition coefficient (Wildman–Crippen LogP) is 4.81. The summed E-state index contributed by atoms with van der Waals surface area (Å²) in [6.07, 6.45) is 5.96. The quantitative estimate of drug-likeness (QED) is 0.803. The highest BCUT2D eigenvalue weighted by Crippen LogP contribution is 2.39. The van der Waals surface area contributed by atoms with Crippen LogP contribution in [0.2, 0.25) is 5.02 Å². The Hall–Kier alpha value is -0.450. The largest absolute Gasteiger partial charge is 0.331 e. The molecule has 3 rings (SSSR count). The third-order valence-electron chi connectivity index (χ3n) is 3.73. The van der Waals surface area contributed by atoms with Crippen LogP contribution in [-0.2, 0) is 0 Å². The van der Waals surface area contributed by atoms with Crippen LogP contribution < -0.4 is 0 Å². The van der Waals surface area contributed by atoms with E-state index in [1.807, 2.05) is 30.0 Å². The highest BCUT2D eigenvalue weighted by Gasteiger charge is 2.29. The van der Waals surface area contributed by atoms with Crippen LogP contribution in [0.3, 0.4) is 0 Å². The number of aromatic amines is 1. The Balaban J connectivity index is 2.18. The molecule has 2 nitrogen and oxygen atoms in total. The molecule has 0 spiro atoms. The first-order valence-electron chi connectivity index (χ1n) is 6.13. The van der Waals surface area contributed by atoms with E-state index in [9.17, 15) is 0 Å². The second kappa shape index (κ2) is 4.91. The van der Waals surface area contributed by atoms with Crippen LogP contribution in [-0.4, -0.2) is 21.1 Å². The number of fused-ring (bicyclic) bond motifs is 1. The minimum Gasteiger partial charge on any atom is -0.331 e. The Kier molecular flexibility index (Phi) is 3.43. The van der Waals surface area contributed by atoms with E-state index in [4.69, 9.17) is 23.8 Å². The summed E-state index contributed by atoms with van der Waals surface area (Å²) in [5.41, 5.74) is 2.22. The molecule has 1 heterocycles. The molecule has 1 saturated carbocycles. The molecule has 2 unspecified atom stereocenters. The fourth-order valence-corrected chi connectivity index (χ4v) is 4.39. The maximum atomic E-state index is 6.11. The molecule has 1 fully saturated rings. The van der Waals surface area contributed by atoms with Gasteiger partial charge in [0.1, 0.15) is 0 Å². The first-order chi connectivity index (χ1) is 8.70. The lowest BCUT2D eigenvalue weighted by molar-refractivity contribution is 0.536. The lowest BCUT2D eigenvalue weighted by atomic mass is 10.2. The molecule has 2 atom stereocenters. The molecule has 0 saturated heterocycles. The highest BCUT2D eigenvalue weighted by atomic mass is 35.5. The Morgan fingerprint density at radius 1 is 1.44 bits per heavy atom. The number of benzene rings is 1. The molecule has 1 aliphatic rings. The molecule has 0 bridgehead atoms. The van der Waals surface area contributed by atoms with E-state index in [1.165, 1.54) is 19.3 Å². The molecule has 96 valence electrons. The Morgan fingerprint density at radius 2 is 2.28 bits per heavy atom. The van der Waals surface area contributed by atoms with Crippen LogP contribution in [0, 0.1) is 4.77 Å². The van der Waals surface area contributed by atoms with Crippen LogP contribution in [0.1, 0.15) is 25.3 Å². The second-order valence-corrected chi connectivity index (χ2v) is 6.63. The Bertz CT molecular complexity index is 631. The van der Waals surface area contributed by atoms with Crippen molar-refractivity contribution in [2.75, 3.05) is 6.26 Å². The Labute approximate surface area is 121 Å². The van der Waals surface area contributed by atoms with Gasteiger partial charge >= 0.3 is 0 Å². The number of nitrogens with one attached hydrogen (secondary N) is 1. The summed E-state index contributed by atoms with van der Waals surface area (Å²) in [6, 6.07) is 6.42. The van der Waals surface area contributed by atoms with Crippen molar-refractivity contribution in [3.05, 3.63) is 28.0 Å². The summed E-state index contributed by atoms with van der Waals surface area (Å²) < 4.78 is 3.09. The SMILES string of the molecule is CSC1CCCC1n1c(=S)[nH]c2ccc(Cl)cc21. The average molecular weight is 299 g/mol. The van der Waals surface area contributed by atoms with Gasteiger partial charge in [0.15, 0.2) is 4.77 Å². The molecule has 2 aromatic rings. The smallest absolute Gasteiger partial charge is 0.178 e. The van der Waals surface area contributed by atoms with Gasteiger partial charge in [-0.3, -0.25) is 0 Å². The lowest BCUT2D eigenvalue weighted by Crippen LogP contribution is -2.15. The maximum absolute atomic E-state index is 6.11. The molecule has 1 N–H and O–H groups in total. The summed E-state index contributed by atoms with van der Waals surface area (Å²) in [4.78, 5) is 3.29. The first-order valence-corrected chi connectivity index (χ1v) is 8.20. The molecule has 0 aliphatic heterocycles. The molecular formula is C13H15ClN2S2. The third kappa shape index (κ3) is 2.00. The number of imidazole rings is 1. The molecule has 1 aliphatic carbocycles. The standard InChI is InChI=1S/C13H15ClN2S2/c1-18-12-4-2-3-10(12)16-11-7-8(14)5-6-9(11)15-13(16)17/h5-7,10,12H,2-4H2,1H3,(H,15,17). The van der Waals surface area contributed by atoms with E-state index in [1.54, 1.807) is 0 Å². The number of halogens is 1. The molecule has 0 amide bonds. The van der Waals surface area contributed by atoms with Gasteiger partial charge in [0.2, 0.25) is 0 Å². The van der Waals surface area contributed by atoms with E-state index < -0.39 is 0 Å². The van der Waals surface area contributed by atoms with Crippen molar-refractivity contribution in [1.29, 1.82) is 0 Å². The number of nitrogens with zero attached hydrogens (tertiary/aromatic N) is 1. The zero-order valence-electron chi connectivity index (χ0n) is 10.1. The first kappa shape index (κ1) is 12.6. The summed E-state index contributed by atoms with van der Waals surface area (Å²) in [7, 11) is 0. The minimum absolute atomic E-state index is 0.500. The van der Waals surface area contributed by atoms with Crippen molar-refractivity contribution in [2.45, 2.75) is 30.6 Å². The fraction of sp³-hybridized carbons (Fsp3) is 0.462. The fourth-order valence-electron chi connectivity index (χ4n) is 2.90. The Morgan fingerprint density at radius 3 is 3.06 bits per heavy atom. The second-order valence-electron chi connectivity index (χ2n) is 4.73. The van der Waals surface area contributed by atoms with Gasteiger partial charge in [-0.25, -0.2) is 0 Å². The summed E-state index contributed by atoms with van der Waals surface area (Å²) in [5, 5.41) is 1.43. The molecule has 18 heavy (non-hydrogen) atoms. The van der Waals surface area contributed by atoms with E-state index >= 15 is 0 Å². The topological polar surface area (TPSA) is 20.7 Å². The van der Waals surface area contributed by atoms with Crippen molar-refractivity contribution in [3.8, 4) is 0 Å². The minimum atomic E-state index is 0.500. The summed E-state index contributed by atoms with van der Waals surface area (Å²) in [6.45, 7) is 0. The van der Waals surface area contributed by atoms with Gasteiger partial charge < -0.3 is 9.55 Å². The van der Waals surface area contributed by atoms with Gasteiger partial charge in [-0.1, -0.05) is 18.0 Å².